The molecule has 0 aromatic rings. The van der Waals surface area contributed by atoms with Crippen LogP contribution in [0.2, 0.25) is 0 Å². The smallest absolute Gasteiger partial charge is 0.305 e. The van der Waals surface area contributed by atoms with Gasteiger partial charge in [-0.25, -0.2) is 0 Å². The molecule has 0 saturated carbocycles. The lowest BCUT2D eigenvalue weighted by Crippen LogP contribution is -2.13. The van der Waals surface area contributed by atoms with Crippen molar-refractivity contribution in [3.63, 3.8) is 0 Å². The molecule has 0 radical (unpaired) electrons. The highest BCUT2D eigenvalue weighted by Gasteiger charge is 2.05. The van der Waals surface area contributed by atoms with Crippen LogP contribution in [0.4, 0.5) is 0 Å². The minimum absolute atomic E-state index is 0.171. The first-order chi connectivity index (χ1) is 8.79. The van der Waals surface area contributed by atoms with Gasteiger partial charge >= 0.3 is 11.9 Å². The Morgan fingerprint density at radius 3 is 1.61 bits per heavy atom. The van der Waals surface area contributed by atoms with Crippen LogP contribution in [0.5, 0.6) is 0 Å². The summed E-state index contributed by atoms with van der Waals surface area (Å²) in [5.41, 5.74) is 0. The third kappa shape index (κ3) is 7.87. The van der Waals surface area contributed by atoms with Gasteiger partial charge in [-0.05, 0) is 38.5 Å². The van der Waals surface area contributed by atoms with Crippen molar-refractivity contribution in [1.82, 2.24) is 0 Å². The molecule has 0 atom stereocenters. The van der Waals surface area contributed by atoms with Crippen molar-refractivity contribution >= 4 is 11.9 Å². The summed E-state index contributed by atoms with van der Waals surface area (Å²) >= 11 is 0. The largest absolute Gasteiger partial charge is 0.462 e. The fraction of sp³-hybridized carbons (Fsp3) is 0.714. The number of cyclic esters (lactones) is 2. The van der Waals surface area contributed by atoms with Crippen LogP contribution in [-0.4, -0.2) is 25.2 Å². The number of hydrogen-bond acceptors (Lipinski definition) is 4. The zero-order valence-electron chi connectivity index (χ0n) is 10.9. The predicted octanol–water partition coefficient (Wildman–Crippen LogP) is 2.76. The molecule has 0 unspecified atom stereocenters. The van der Waals surface area contributed by atoms with Gasteiger partial charge in [0.15, 0.2) is 0 Å². The Kier molecular flexibility index (Phi) is 7.93. The number of ether oxygens (including phenoxy) is 2. The predicted molar refractivity (Wildman–Crippen MR) is 68.0 cm³/mol. The van der Waals surface area contributed by atoms with Gasteiger partial charge in [0.2, 0.25) is 0 Å². The number of allylic oxidation sites excluding steroid dienone is 2. The van der Waals surface area contributed by atoms with Crippen molar-refractivity contribution in [2.45, 2.75) is 51.4 Å². The summed E-state index contributed by atoms with van der Waals surface area (Å²) in [6, 6.07) is 0. The molecule has 1 aliphatic rings. The van der Waals surface area contributed by atoms with Crippen LogP contribution < -0.4 is 0 Å². The molecule has 18 heavy (non-hydrogen) atoms. The highest BCUT2D eigenvalue weighted by Crippen LogP contribution is 2.06. The van der Waals surface area contributed by atoms with Gasteiger partial charge in [-0.3, -0.25) is 9.59 Å². The van der Waals surface area contributed by atoms with Crippen molar-refractivity contribution in [3.05, 3.63) is 12.2 Å². The molecular formula is C14H22O4. The Bertz CT molecular complexity index is 256. The van der Waals surface area contributed by atoms with Gasteiger partial charge in [-0.15, -0.1) is 0 Å². The van der Waals surface area contributed by atoms with Crippen LogP contribution in [0.3, 0.4) is 0 Å². The fourth-order valence-corrected chi connectivity index (χ4v) is 1.75. The van der Waals surface area contributed by atoms with E-state index in [9.17, 15) is 9.59 Å². The summed E-state index contributed by atoms with van der Waals surface area (Å²) in [4.78, 5) is 22.6. The summed E-state index contributed by atoms with van der Waals surface area (Å²) in [7, 11) is 0. The number of esters is 2. The Hall–Kier alpha value is -1.32. The molecule has 102 valence electrons. The molecule has 0 aromatic heterocycles. The number of carbonyl (C=O) groups is 2. The first-order valence-corrected chi connectivity index (χ1v) is 6.75. The van der Waals surface area contributed by atoms with E-state index in [0.29, 0.717) is 12.8 Å². The van der Waals surface area contributed by atoms with E-state index in [2.05, 4.69) is 12.2 Å². The van der Waals surface area contributed by atoms with E-state index in [1.165, 1.54) is 0 Å². The summed E-state index contributed by atoms with van der Waals surface area (Å²) in [6.45, 7) is 0.342. The van der Waals surface area contributed by atoms with Crippen LogP contribution in [0.15, 0.2) is 12.2 Å². The second-order valence-corrected chi connectivity index (χ2v) is 4.40. The molecular weight excluding hydrogens is 232 g/mol. The minimum atomic E-state index is -0.206. The first-order valence-electron chi connectivity index (χ1n) is 6.75. The van der Waals surface area contributed by atoms with E-state index in [-0.39, 0.29) is 25.2 Å². The van der Waals surface area contributed by atoms with Gasteiger partial charge < -0.3 is 9.47 Å². The monoisotopic (exact) mass is 254 g/mol. The van der Waals surface area contributed by atoms with Crippen molar-refractivity contribution in [3.8, 4) is 0 Å². The van der Waals surface area contributed by atoms with E-state index < -0.39 is 0 Å². The maximum Gasteiger partial charge on any atom is 0.305 e. The average molecular weight is 254 g/mol. The second-order valence-electron chi connectivity index (χ2n) is 4.40. The molecule has 0 bridgehead atoms. The Morgan fingerprint density at radius 2 is 1.17 bits per heavy atom. The quantitative estimate of drug-likeness (QED) is 0.492. The molecule has 0 amide bonds. The van der Waals surface area contributed by atoms with E-state index in [4.69, 9.17) is 9.47 Å². The Labute approximate surface area is 108 Å². The molecule has 0 fully saturated rings. The number of carbonyl (C=O) groups excluding carboxylic acids is 2. The summed E-state index contributed by atoms with van der Waals surface area (Å²) < 4.78 is 9.91. The minimum Gasteiger partial charge on any atom is -0.462 e. The van der Waals surface area contributed by atoms with Crippen LogP contribution >= 0.6 is 0 Å². The summed E-state index contributed by atoms with van der Waals surface area (Å²) in [5, 5.41) is 0. The SMILES string of the molecule is O=C1CCCCC=CCCCCC(=O)OCCO1. The van der Waals surface area contributed by atoms with Crippen LogP contribution in [0.1, 0.15) is 51.4 Å². The lowest BCUT2D eigenvalue weighted by atomic mass is 10.1. The van der Waals surface area contributed by atoms with Gasteiger partial charge in [0.25, 0.3) is 0 Å². The Morgan fingerprint density at radius 1 is 0.722 bits per heavy atom. The molecule has 0 saturated heterocycles. The lowest BCUT2D eigenvalue weighted by Gasteiger charge is -2.06. The molecule has 1 aliphatic heterocycles. The first kappa shape index (κ1) is 14.7. The molecule has 4 nitrogen and oxygen atoms in total. The maximum atomic E-state index is 11.3. The number of rotatable bonds is 0. The van der Waals surface area contributed by atoms with Crippen molar-refractivity contribution in [2.24, 2.45) is 0 Å². The van der Waals surface area contributed by atoms with Gasteiger partial charge in [0, 0.05) is 12.8 Å². The molecule has 0 aromatic carbocycles. The number of hydrogen-bond donors (Lipinski definition) is 0. The highest BCUT2D eigenvalue weighted by atomic mass is 16.6. The molecule has 0 aliphatic carbocycles. The van der Waals surface area contributed by atoms with Crippen molar-refractivity contribution in [1.29, 1.82) is 0 Å². The highest BCUT2D eigenvalue weighted by molar-refractivity contribution is 5.70. The van der Waals surface area contributed by atoms with Crippen LogP contribution in [0, 0.1) is 0 Å². The molecule has 1 heterocycles. The zero-order chi connectivity index (χ0) is 13.1. The van der Waals surface area contributed by atoms with Crippen molar-refractivity contribution < 1.29 is 19.1 Å². The summed E-state index contributed by atoms with van der Waals surface area (Å²) in [5.74, 6) is -0.413. The Balaban J connectivity index is 2.29. The van der Waals surface area contributed by atoms with Gasteiger partial charge in [0.1, 0.15) is 13.2 Å². The van der Waals surface area contributed by atoms with Gasteiger partial charge in [-0.1, -0.05) is 12.2 Å². The standard InChI is InChI=1S/C14H22O4/c15-13-9-7-5-3-1-2-4-6-8-10-14(16)18-12-11-17-13/h1-2H,3-12H2. The zero-order valence-corrected chi connectivity index (χ0v) is 10.9. The third-order valence-corrected chi connectivity index (χ3v) is 2.78. The van der Waals surface area contributed by atoms with E-state index in [1.807, 2.05) is 0 Å². The van der Waals surface area contributed by atoms with E-state index in [0.717, 1.165) is 38.5 Å². The normalized spacial score (nSPS) is 21.1. The van der Waals surface area contributed by atoms with Crippen LogP contribution in [-0.2, 0) is 19.1 Å². The van der Waals surface area contributed by atoms with Crippen LogP contribution in [0.25, 0.3) is 0 Å². The molecule has 0 spiro atoms. The second kappa shape index (κ2) is 9.68. The maximum absolute atomic E-state index is 11.3. The van der Waals surface area contributed by atoms with Gasteiger partial charge in [0.05, 0.1) is 0 Å². The van der Waals surface area contributed by atoms with E-state index in [1.54, 1.807) is 0 Å². The van der Waals surface area contributed by atoms with Crippen molar-refractivity contribution in [2.75, 3.05) is 13.2 Å². The lowest BCUT2D eigenvalue weighted by molar-refractivity contribution is -0.152. The van der Waals surface area contributed by atoms with Gasteiger partial charge in [-0.2, -0.15) is 0 Å². The van der Waals surface area contributed by atoms with E-state index >= 15 is 0 Å². The third-order valence-electron chi connectivity index (χ3n) is 2.78. The molecule has 0 N–H and O–H groups in total. The molecule has 1 rings (SSSR count). The fourth-order valence-electron chi connectivity index (χ4n) is 1.75. The average Bonchev–Trinajstić information content (AvgIpc) is 2.35. The summed E-state index contributed by atoms with van der Waals surface area (Å²) in [6.07, 6.45) is 10.9. The molecule has 4 heteroatoms. The topological polar surface area (TPSA) is 52.6 Å².